The molecule has 4 heterocycles. The molecular formula is C24H17ClN4O3S2. The van der Waals surface area contributed by atoms with E-state index in [0.717, 1.165) is 17.3 Å². The van der Waals surface area contributed by atoms with Crippen molar-refractivity contribution in [2.24, 2.45) is 0 Å². The summed E-state index contributed by atoms with van der Waals surface area (Å²) in [5.74, 6) is 0.750. The molecule has 1 amide bonds. The number of hydrogen-bond donors (Lipinski definition) is 1. The molecule has 1 aliphatic rings. The topological polar surface area (TPSA) is 79.9 Å². The van der Waals surface area contributed by atoms with Crippen molar-refractivity contribution in [3.63, 3.8) is 0 Å². The van der Waals surface area contributed by atoms with Crippen LogP contribution in [0.15, 0.2) is 81.2 Å². The number of rotatable bonds is 6. The van der Waals surface area contributed by atoms with Gasteiger partial charge in [-0.25, -0.2) is 4.98 Å². The molecule has 1 fully saturated rings. The van der Waals surface area contributed by atoms with Crippen LogP contribution in [0.25, 0.3) is 11.7 Å². The van der Waals surface area contributed by atoms with Crippen molar-refractivity contribution in [1.29, 1.82) is 0 Å². The second-order valence-corrected chi connectivity index (χ2v) is 9.48. The fourth-order valence-electron chi connectivity index (χ4n) is 3.52. The number of nitrogens with one attached hydrogen (secondary N) is 1. The Hall–Kier alpha value is -3.40. The highest BCUT2D eigenvalue weighted by Crippen LogP contribution is 2.34. The lowest BCUT2D eigenvalue weighted by molar-refractivity contribution is -0.122. The molecule has 1 N–H and O–H groups in total. The molecule has 10 heteroatoms. The third-order valence-electron chi connectivity index (χ3n) is 5.21. The summed E-state index contributed by atoms with van der Waals surface area (Å²) >= 11 is 12.9. The highest BCUT2D eigenvalue weighted by molar-refractivity contribution is 8.26. The summed E-state index contributed by atoms with van der Waals surface area (Å²) in [7, 11) is 0. The van der Waals surface area contributed by atoms with Crippen LogP contribution in [0.3, 0.4) is 0 Å². The SMILES string of the molecule is O=C1C(=Cc2c(NCc3ccco3)nc3ccccn3c2=O)SC(=S)N1Cc1ccccc1Cl. The second-order valence-electron chi connectivity index (χ2n) is 7.40. The summed E-state index contributed by atoms with van der Waals surface area (Å²) in [6, 6.07) is 16.2. The van der Waals surface area contributed by atoms with Crippen molar-refractivity contribution in [1.82, 2.24) is 14.3 Å². The Labute approximate surface area is 209 Å². The monoisotopic (exact) mass is 508 g/mol. The van der Waals surface area contributed by atoms with Gasteiger partial charge in [0, 0.05) is 11.2 Å². The van der Waals surface area contributed by atoms with Crippen molar-refractivity contribution >= 4 is 63.3 Å². The Morgan fingerprint density at radius 3 is 2.74 bits per heavy atom. The van der Waals surface area contributed by atoms with E-state index in [0.29, 0.717) is 38.0 Å². The van der Waals surface area contributed by atoms with Gasteiger partial charge >= 0.3 is 0 Å². The summed E-state index contributed by atoms with van der Waals surface area (Å²) in [6.07, 6.45) is 4.76. The number of aromatic nitrogens is 2. The maximum absolute atomic E-state index is 13.3. The van der Waals surface area contributed by atoms with E-state index in [1.807, 2.05) is 24.3 Å². The second kappa shape index (κ2) is 9.46. The molecule has 0 bridgehead atoms. The minimum Gasteiger partial charge on any atom is -0.467 e. The summed E-state index contributed by atoms with van der Waals surface area (Å²) in [4.78, 5) is 33.0. The summed E-state index contributed by atoms with van der Waals surface area (Å²) in [5.41, 5.74) is 1.23. The molecular weight excluding hydrogens is 492 g/mol. The minimum atomic E-state index is -0.302. The van der Waals surface area contributed by atoms with Crippen LogP contribution in [0.5, 0.6) is 0 Å². The standard InChI is InChI=1S/C24H17ClN4O3S2/c25-18-8-2-1-6-15(18)14-29-23(31)19(34-24(29)33)12-17-21(26-13-16-7-5-11-32-16)27-20-9-3-4-10-28(20)22(17)30/h1-12,26H,13-14H2. The quantitative estimate of drug-likeness (QED) is 0.291. The predicted octanol–water partition coefficient (Wildman–Crippen LogP) is 4.95. The number of furan rings is 1. The molecule has 1 aliphatic heterocycles. The molecule has 0 saturated carbocycles. The van der Waals surface area contributed by atoms with Crippen LogP contribution in [0.1, 0.15) is 16.9 Å². The number of anilines is 1. The molecule has 0 spiro atoms. The van der Waals surface area contributed by atoms with Crippen molar-refractivity contribution in [2.75, 3.05) is 5.32 Å². The number of halogens is 1. The molecule has 1 saturated heterocycles. The number of carbonyl (C=O) groups excluding carboxylic acids is 1. The number of hydrogen-bond acceptors (Lipinski definition) is 7. The third kappa shape index (κ3) is 4.37. The Bertz CT molecular complexity index is 1500. The van der Waals surface area contributed by atoms with Gasteiger partial charge in [0.05, 0.1) is 29.8 Å². The summed E-state index contributed by atoms with van der Waals surface area (Å²) in [5, 5.41) is 3.72. The maximum Gasteiger partial charge on any atom is 0.267 e. The van der Waals surface area contributed by atoms with Gasteiger partial charge in [0.2, 0.25) is 0 Å². The first-order valence-electron chi connectivity index (χ1n) is 10.3. The van der Waals surface area contributed by atoms with Crippen LogP contribution in [0, 0.1) is 0 Å². The van der Waals surface area contributed by atoms with Gasteiger partial charge in [0.15, 0.2) is 0 Å². The maximum atomic E-state index is 13.3. The van der Waals surface area contributed by atoms with Crippen LogP contribution in [0.4, 0.5) is 5.82 Å². The van der Waals surface area contributed by atoms with E-state index in [4.69, 9.17) is 28.2 Å². The number of amides is 1. The molecule has 34 heavy (non-hydrogen) atoms. The number of pyridine rings is 1. The molecule has 5 rings (SSSR count). The van der Waals surface area contributed by atoms with Crippen molar-refractivity contribution in [3.05, 3.63) is 104 Å². The number of carbonyl (C=O) groups is 1. The van der Waals surface area contributed by atoms with Gasteiger partial charge in [0.1, 0.15) is 21.5 Å². The predicted molar refractivity (Wildman–Crippen MR) is 138 cm³/mol. The van der Waals surface area contributed by atoms with Gasteiger partial charge in [0.25, 0.3) is 11.5 Å². The van der Waals surface area contributed by atoms with Gasteiger partial charge in [-0.1, -0.05) is 59.8 Å². The third-order valence-corrected chi connectivity index (χ3v) is 6.96. The lowest BCUT2D eigenvalue weighted by Crippen LogP contribution is -2.27. The molecule has 7 nitrogen and oxygen atoms in total. The van der Waals surface area contributed by atoms with Crippen LogP contribution in [-0.4, -0.2) is 24.5 Å². The molecule has 1 aromatic carbocycles. The largest absolute Gasteiger partial charge is 0.467 e. The average Bonchev–Trinajstić information content (AvgIpc) is 3.45. The number of thiocarbonyl (C=S) groups is 1. The molecule has 3 aromatic heterocycles. The smallest absolute Gasteiger partial charge is 0.267 e. The number of nitrogens with zero attached hydrogens (tertiary/aromatic N) is 3. The Morgan fingerprint density at radius 2 is 1.94 bits per heavy atom. The van der Waals surface area contributed by atoms with Crippen LogP contribution < -0.4 is 10.9 Å². The fourth-order valence-corrected chi connectivity index (χ4v) is 4.95. The summed E-state index contributed by atoms with van der Waals surface area (Å²) < 4.78 is 7.21. The zero-order valence-electron chi connectivity index (χ0n) is 17.6. The van der Waals surface area contributed by atoms with E-state index in [1.54, 1.807) is 48.9 Å². The molecule has 0 atom stereocenters. The van der Waals surface area contributed by atoms with E-state index >= 15 is 0 Å². The first kappa shape index (κ1) is 22.4. The Morgan fingerprint density at radius 1 is 1.12 bits per heavy atom. The van der Waals surface area contributed by atoms with Crippen LogP contribution in [-0.2, 0) is 17.9 Å². The minimum absolute atomic E-state index is 0.250. The Kier molecular flexibility index (Phi) is 6.23. The van der Waals surface area contributed by atoms with Crippen molar-refractivity contribution in [3.8, 4) is 0 Å². The van der Waals surface area contributed by atoms with E-state index in [2.05, 4.69) is 10.3 Å². The lowest BCUT2D eigenvalue weighted by atomic mass is 10.2. The normalized spacial score (nSPS) is 15.0. The fraction of sp³-hybridized carbons (Fsp3) is 0.0833. The van der Waals surface area contributed by atoms with E-state index in [9.17, 15) is 9.59 Å². The zero-order valence-corrected chi connectivity index (χ0v) is 20.0. The van der Waals surface area contributed by atoms with Crippen molar-refractivity contribution in [2.45, 2.75) is 13.1 Å². The molecule has 170 valence electrons. The van der Waals surface area contributed by atoms with E-state index in [-0.39, 0.29) is 23.6 Å². The van der Waals surface area contributed by atoms with Crippen molar-refractivity contribution < 1.29 is 9.21 Å². The van der Waals surface area contributed by atoms with Crippen LogP contribution in [0.2, 0.25) is 5.02 Å². The Balaban J connectivity index is 1.52. The van der Waals surface area contributed by atoms with Gasteiger partial charge in [-0.15, -0.1) is 0 Å². The first-order chi connectivity index (χ1) is 16.5. The first-order valence-corrected chi connectivity index (χ1v) is 11.9. The average molecular weight is 509 g/mol. The highest BCUT2D eigenvalue weighted by Gasteiger charge is 2.33. The highest BCUT2D eigenvalue weighted by atomic mass is 35.5. The van der Waals surface area contributed by atoms with Gasteiger partial charge in [-0.05, 0) is 42.0 Å². The van der Waals surface area contributed by atoms with E-state index in [1.165, 1.54) is 9.30 Å². The molecule has 0 aliphatic carbocycles. The molecule has 4 aromatic rings. The van der Waals surface area contributed by atoms with Gasteiger partial charge < -0.3 is 9.73 Å². The number of benzene rings is 1. The molecule has 0 radical (unpaired) electrons. The zero-order chi connectivity index (χ0) is 23.7. The van der Waals surface area contributed by atoms with Gasteiger partial charge in [-0.3, -0.25) is 18.9 Å². The van der Waals surface area contributed by atoms with Gasteiger partial charge in [-0.2, -0.15) is 0 Å². The molecule has 0 unspecified atom stereocenters. The van der Waals surface area contributed by atoms with Crippen LogP contribution >= 0.6 is 35.6 Å². The lowest BCUT2D eigenvalue weighted by Gasteiger charge is -2.15. The number of fused-ring (bicyclic) bond motifs is 1. The number of thioether (sulfide) groups is 1. The van der Waals surface area contributed by atoms with E-state index < -0.39 is 0 Å². The summed E-state index contributed by atoms with van der Waals surface area (Å²) in [6.45, 7) is 0.580.